The van der Waals surface area contributed by atoms with Crippen LogP contribution >= 0.6 is 11.3 Å². The number of thiazole rings is 1. The summed E-state index contributed by atoms with van der Waals surface area (Å²) in [5.74, 6) is 0.746. The maximum Gasteiger partial charge on any atom is 0.145 e. The predicted octanol–water partition coefficient (Wildman–Crippen LogP) is 2.59. The number of aromatic nitrogens is 3. The van der Waals surface area contributed by atoms with Crippen LogP contribution in [0, 0.1) is 0 Å². The molecule has 0 radical (unpaired) electrons. The summed E-state index contributed by atoms with van der Waals surface area (Å²) in [5.41, 5.74) is 8.14. The van der Waals surface area contributed by atoms with Crippen molar-refractivity contribution >= 4 is 17.0 Å². The molecule has 0 aliphatic rings. The molecule has 0 bridgehead atoms. The minimum atomic E-state index is 0.598. The van der Waals surface area contributed by atoms with Gasteiger partial charge in [-0.1, -0.05) is 12.1 Å². The van der Waals surface area contributed by atoms with Crippen molar-refractivity contribution in [1.82, 2.24) is 14.8 Å². The van der Waals surface area contributed by atoms with Crippen molar-refractivity contribution < 1.29 is 4.74 Å². The van der Waals surface area contributed by atoms with E-state index in [0.29, 0.717) is 11.4 Å². The van der Waals surface area contributed by atoms with Crippen LogP contribution in [0.4, 0.5) is 5.69 Å². The van der Waals surface area contributed by atoms with Gasteiger partial charge in [0.25, 0.3) is 0 Å². The van der Waals surface area contributed by atoms with Crippen molar-refractivity contribution in [2.75, 3.05) is 12.8 Å². The van der Waals surface area contributed by atoms with Crippen LogP contribution in [0.15, 0.2) is 42.0 Å². The molecule has 5 nitrogen and oxygen atoms in total. The third-order valence-electron chi connectivity index (χ3n) is 2.71. The first-order valence-electron chi connectivity index (χ1n) is 5.68. The molecule has 0 aliphatic carbocycles. The van der Waals surface area contributed by atoms with E-state index in [1.165, 1.54) is 11.3 Å². The van der Waals surface area contributed by atoms with Gasteiger partial charge in [0, 0.05) is 11.6 Å². The van der Waals surface area contributed by atoms with Gasteiger partial charge in [-0.25, -0.2) is 9.67 Å². The van der Waals surface area contributed by atoms with Crippen LogP contribution in [-0.4, -0.2) is 21.9 Å². The van der Waals surface area contributed by atoms with E-state index in [2.05, 4.69) is 10.1 Å². The number of hydrogen-bond acceptors (Lipinski definition) is 5. The summed E-state index contributed by atoms with van der Waals surface area (Å²) in [6.07, 6.45) is 3.51. The van der Waals surface area contributed by atoms with Gasteiger partial charge in [0.05, 0.1) is 19.0 Å². The lowest BCUT2D eigenvalue weighted by Gasteiger charge is -2.07. The fraction of sp³-hybridized carbons (Fsp3) is 0.0769. The third kappa shape index (κ3) is 2.06. The predicted molar refractivity (Wildman–Crippen MR) is 75.6 cm³/mol. The molecule has 96 valence electrons. The monoisotopic (exact) mass is 272 g/mol. The van der Waals surface area contributed by atoms with Crippen LogP contribution in [0.5, 0.6) is 5.75 Å². The van der Waals surface area contributed by atoms with E-state index in [4.69, 9.17) is 10.5 Å². The summed E-state index contributed by atoms with van der Waals surface area (Å²) in [4.78, 5) is 4.23. The van der Waals surface area contributed by atoms with E-state index in [1.54, 1.807) is 24.2 Å². The molecule has 2 aromatic heterocycles. The van der Waals surface area contributed by atoms with E-state index in [1.807, 2.05) is 29.6 Å². The molecule has 0 atom stereocenters. The molecule has 0 saturated heterocycles. The van der Waals surface area contributed by atoms with Crippen LogP contribution in [0.1, 0.15) is 0 Å². The number of benzene rings is 1. The van der Waals surface area contributed by atoms with Crippen molar-refractivity contribution in [3.8, 4) is 22.1 Å². The number of anilines is 1. The molecular weight excluding hydrogens is 260 g/mol. The summed E-state index contributed by atoms with van der Waals surface area (Å²) in [6.45, 7) is 0. The molecule has 0 saturated carbocycles. The van der Waals surface area contributed by atoms with Crippen molar-refractivity contribution in [2.24, 2.45) is 0 Å². The first-order chi connectivity index (χ1) is 9.29. The Labute approximate surface area is 114 Å². The fourth-order valence-corrected chi connectivity index (χ4v) is 2.48. The number of nitrogen functional groups attached to an aromatic ring is 1. The first kappa shape index (κ1) is 11.7. The molecule has 3 rings (SSSR count). The first-order valence-corrected chi connectivity index (χ1v) is 6.56. The average molecular weight is 272 g/mol. The van der Waals surface area contributed by atoms with Crippen molar-refractivity contribution in [1.29, 1.82) is 0 Å². The molecule has 2 heterocycles. The van der Waals surface area contributed by atoms with Gasteiger partial charge in [-0.15, -0.1) is 11.3 Å². The molecule has 0 unspecified atom stereocenters. The maximum absolute atomic E-state index is 6.00. The normalized spacial score (nSPS) is 10.6. The number of ether oxygens (including phenoxy) is 1. The van der Waals surface area contributed by atoms with Crippen molar-refractivity contribution in [3.05, 3.63) is 42.0 Å². The summed E-state index contributed by atoms with van der Waals surface area (Å²) in [6, 6.07) is 7.66. The summed E-state index contributed by atoms with van der Waals surface area (Å²) in [5, 5.41) is 7.20. The average Bonchev–Trinajstić information content (AvgIpc) is 3.07. The lowest BCUT2D eigenvalue weighted by Crippen LogP contribution is -1.98. The third-order valence-corrected chi connectivity index (χ3v) is 3.49. The maximum atomic E-state index is 6.00. The zero-order valence-corrected chi connectivity index (χ0v) is 11.1. The molecule has 0 fully saturated rings. The minimum Gasteiger partial charge on any atom is -0.494 e. The largest absolute Gasteiger partial charge is 0.494 e. The Morgan fingerprint density at radius 2 is 2.16 bits per heavy atom. The second-order valence-electron chi connectivity index (χ2n) is 3.89. The number of rotatable bonds is 3. The van der Waals surface area contributed by atoms with Crippen LogP contribution in [-0.2, 0) is 0 Å². The standard InChI is InChI=1S/C13H12N4OS/c1-18-11-5-3-2-4-10(11)17-8-9(14)12(16-17)13-15-6-7-19-13/h2-8H,14H2,1H3. The molecule has 0 aliphatic heterocycles. The Kier molecular flexibility index (Phi) is 2.92. The van der Waals surface area contributed by atoms with E-state index in [0.717, 1.165) is 16.4 Å². The number of methoxy groups -OCH3 is 1. The Balaban J connectivity index is 2.10. The van der Waals surface area contributed by atoms with E-state index < -0.39 is 0 Å². The molecule has 6 heteroatoms. The Morgan fingerprint density at radius 1 is 1.32 bits per heavy atom. The van der Waals surface area contributed by atoms with Crippen LogP contribution in [0.2, 0.25) is 0 Å². The van der Waals surface area contributed by atoms with Gasteiger partial charge in [0.2, 0.25) is 0 Å². The molecule has 2 N–H and O–H groups in total. The van der Waals surface area contributed by atoms with Gasteiger partial charge in [-0.3, -0.25) is 0 Å². The molecule has 0 spiro atoms. The van der Waals surface area contributed by atoms with Gasteiger partial charge in [-0.05, 0) is 12.1 Å². The highest BCUT2D eigenvalue weighted by Crippen LogP contribution is 2.29. The highest BCUT2D eigenvalue weighted by atomic mass is 32.1. The van der Waals surface area contributed by atoms with Gasteiger partial charge in [0.15, 0.2) is 0 Å². The van der Waals surface area contributed by atoms with Gasteiger partial charge >= 0.3 is 0 Å². The van der Waals surface area contributed by atoms with Crippen LogP contribution < -0.4 is 10.5 Å². The zero-order valence-electron chi connectivity index (χ0n) is 10.3. The molecular formula is C13H12N4OS. The Hall–Kier alpha value is -2.34. The highest BCUT2D eigenvalue weighted by Gasteiger charge is 2.13. The van der Waals surface area contributed by atoms with Crippen molar-refractivity contribution in [3.63, 3.8) is 0 Å². The van der Waals surface area contributed by atoms with Gasteiger partial charge in [-0.2, -0.15) is 5.10 Å². The SMILES string of the molecule is COc1ccccc1-n1cc(N)c(-c2nccs2)n1. The second-order valence-corrected chi connectivity index (χ2v) is 4.78. The summed E-state index contributed by atoms with van der Waals surface area (Å²) < 4.78 is 7.04. The van der Waals surface area contributed by atoms with Crippen LogP contribution in [0.25, 0.3) is 16.4 Å². The minimum absolute atomic E-state index is 0.598. The van der Waals surface area contributed by atoms with Crippen LogP contribution in [0.3, 0.4) is 0 Å². The van der Waals surface area contributed by atoms with E-state index in [9.17, 15) is 0 Å². The van der Waals surface area contributed by atoms with Gasteiger partial charge < -0.3 is 10.5 Å². The Bertz CT molecular complexity index is 690. The lowest BCUT2D eigenvalue weighted by atomic mass is 10.3. The summed E-state index contributed by atoms with van der Waals surface area (Å²) in [7, 11) is 1.63. The smallest absolute Gasteiger partial charge is 0.145 e. The number of nitrogens with two attached hydrogens (primary N) is 1. The van der Waals surface area contributed by atoms with E-state index in [-0.39, 0.29) is 0 Å². The molecule has 3 aromatic rings. The topological polar surface area (TPSA) is 66.0 Å². The second kappa shape index (κ2) is 4.74. The fourth-order valence-electron chi connectivity index (χ4n) is 1.84. The molecule has 0 amide bonds. The quantitative estimate of drug-likeness (QED) is 0.796. The van der Waals surface area contributed by atoms with Crippen molar-refractivity contribution in [2.45, 2.75) is 0 Å². The summed E-state index contributed by atoms with van der Waals surface area (Å²) >= 11 is 1.51. The number of para-hydroxylation sites is 2. The lowest BCUT2D eigenvalue weighted by molar-refractivity contribution is 0.412. The highest BCUT2D eigenvalue weighted by molar-refractivity contribution is 7.13. The Morgan fingerprint density at radius 3 is 2.89 bits per heavy atom. The van der Waals surface area contributed by atoms with Gasteiger partial charge in [0.1, 0.15) is 22.1 Å². The zero-order chi connectivity index (χ0) is 13.2. The van der Waals surface area contributed by atoms with E-state index >= 15 is 0 Å². The number of nitrogens with zero attached hydrogens (tertiary/aromatic N) is 3. The molecule has 1 aromatic carbocycles. The number of hydrogen-bond donors (Lipinski definition) is 1. The molecule has 19 heavy (non-hydrogen) atoms.